The van der Waals surface area contributed by atoms with Gasteiger partial charge in [0.25, 0.3) is 0 Å². The van der Waals surface area contributed by atoms with E-state index in [0.29, 0.717) is 5.66 Å². The molecule has 1 nitrogen and oxygen atoms in total. The van der Waals surface area contributed by atoms with Crippen molar-refractivity contribution in [2.75, 3.05) is 0 Å². The van der Waals surface area contributed by atoms with Crippen molar-refractivity contribution >= 4 is 64.3 Å². The minimum Gasteiger partial charge on any atom is -0.456 e. The van der Waals surface area contributed by atoms with Gasteiger partial charge < -0.3 is 4.42 Å². The Morgan fingerprint density at radius 3 is 1.79 bits per heavy atom. The van der Waals surface area contributed by atoms with Crippen LogP contribution in [-0.2, 0) is 0 Å². The number of fused-ring (bicyclic) bond motifs is 3. The summed E-state index contributed by atoms with van der Waals surface area (Å²) in [5.74, 6) is 0. The molecule has 1 heterocycles. The summed E-state index contributed by atoms with van der Waals surface area (Å²) in [5, 5.41) is 9.38. The van der Waals surface area contributed by atoms with Crippen molar-refractivity contribution < 1.29 is 4.42 Å². The van der Waals surface area contributed by atoms with Crippen molar-refractivity contribution in [2.45, 2.75) is 12.1 Å². The lowest BCUT2D eigenvalue weighted by molar-refractivity contribution is 0.669. The molecule has 6 aromatic rings. The molecule has 39 heavy (non-hydrogen) atoms. The first-order chi connectivity index (χ1) is 19.4. The number of hydrogen-bond donors (Lipinski definition) is 0. The van der Waals surface area contributed by atoms with Gasteiger partial charge in [-0.05, 0) is 67.0 Å². The largest absolute Gasteiger partial charge is 0.456 e. The maximum absolute atomic E-state index is 6.49. The smallest absolute Gasteiger partial charge is 0.136 e. The van der Waals surface area contributed by atoms with Gasteiger partial charge in [0.1, 0.15) is 11.2 Å². The monoisotopic (exact) mass is 538 g/mol. The summed E-state index contributed by atoms with van der Waals surface area (Å²) >= 11 is 0. The molecule has 3 heteroatoms. The Balaban J connectivity index is 1.56. The van der Waals surface area contributed by atoms with Crippen molar-refractivity contribution in [1.82, 2.24) is 0 Å². The quantitative estimate of drug-likeness (QED) is 0.199. The van der Waals surface area contributed by atoms with E-state index in [2.05, 4.69) is 152 Å². The van der Waals surface area contributed by atoms with Gasteiger partial charge >= 0.3 is 0 Å². The fraction of sp³-hybridized carbons (Fsp3) is 0.0556. The van der Waals surface area contributed by atoms with Crippen molar-refractivity contribution in [3.05, 3.63) is 152 Å². The van der Waals surface area contributed by atoms with Crippen molar-refractivity contribution in [3.8, 4) is 0 Å². The van der Waals surface area contributed by atoms with E-state index in [-0.39, 0.29) is 0 Å². The van der Waals surface area contributed by atoms with Gasteiger partial charge in [0.15, 0.2) is 0 Å². The molecule has 0 spiro atoms. The molecule has 5 aromatic carbocycles. The summed E-state index contributed by atoms with van der Waals surface area (Å²) in [5.41, 5.74) is 2.35. The minimum atomic E-state index is -0.799. The van der Waals surface area contributed by atoms with Crippen LogP contribution >= 0.6 is 15.8 Å². The van der Waals surface area contributed by atoms with Crippen LogP contribution in [0.4, 0.5) is 0 Å². The van der Waals surface area contributed by atoms with Gasteiger partial charge in [0, 0.05) is 16.4 Å². The molecule has 0 aliphatic heterocycles. The molecular formula is C36H28OP2. The molecule has 1 aromatic heterocycles. The highest BCUT2D eigenvalue weighted by Crippen LogP contribution is 2.47. The number of rotatable bonds is 6. The molecule has 1 aliphatic carbocycles. The zero-order valence-electron chi connectivity index (χ0n) is 21.5. The predicted octanol–water partition coefficient (Wildman–Crippen LogP) is 7.66. The molecule has 0 fully saturated rings. The van der Waals surface area contributed by atoms with E-state index in [1.165, 1.54) is 37.3 Å². The number of para-hydroxylation sites is 1. The van der Waals surface area contributed by atoms with Gasteiger partial charge in [-0.3, -0.25) is 0 Å². The third-order valence-electron chi connectivity index (χ3n) is 7.33. The Bertz CT molecular complexity index is 1750. The van der Waals surface area contributed by atoms with Gasteiger partial charge in [-0.15, -0.1) is 0 Å². The fourth-order valence-electron chi connectivity index (χ4n) is 5.56. The summed E-state index contributed by atoms with van der Waals surface area (Å²) < 4.78 is 6.49. The van der Waals surface area contributed by atoms with E-state index in [1.807, 2.05) is 0 Å². The Labute approximate surface area is 232 Å². The third-order valence-corrected chi connectivity index (χ3v) is 12.8. The lowest BCUT2D eigenvalue weighted by Gasteiger charge is -2.31. The summed E-state index contributed by atoms with van der Waals surface area (Å²) in [6.07, 6.45) is 10.2. The van der Waals surface area contributed by atoms with E-state index in [0.717, 1.165) is 17.6 Å². The number of benzene rings is 5. The van der Waals surface area contributed by atoms with E-state index < -0.39 is 15.8 Å². The summed E-state index contributed by atoms with van der Waals surface area (Å²) in [4.78, 5) is 0. The minimum absolute atomic E-state index is 0.435. The first-order valence-corrected chi connectivity index (χ1v) is 16.2. The number of furan rings is 1. The maximum atomic E-state index is 6.49. The van der Waals surface area contributed by atoms with Gasteiger partial charge in [0.05, 0.1) is 0 Å². The first kappa shape index (κ1) is 24.3. The molecule has 188 valence electrons. The SMILES string of the molecule is C1=CCC(P(c2ccccc2)c2cc3c(cc2P(c2ccccc2)c2ccccc2)oc2ccccc23)C=C1. The van der Waals surface area contributed by atoms with E-state index in [1.54, 1.807) is 0 Å². The Morgan fingerprint density at radius 1 is 0.538 bits per heavy atom. The van der Waals surface area contributed by atoms with Crippen molar-refractivity contribution in [3.63, 3.8) is 0 Å². The highest BCUT2D eigenvalue weighted by molar-refractivity contribution is 7.83. The van der Waals surface area contributed by atoms with Crippen LogP contribution < -0.4 is 26.5 Å². The zero-order chi connectivity index (χ0) is 26.0. The summed E-state index contributed by atoms with van der Waals surface area (Å²) in [7, 11) is -1.48. The van der Waals surface area contributed by atoms with Crippen molar-refractivity contribution in [2.24, 2.45) is 0 Å². The van der Waals surface area contributed by atoms with Crippen LogP contribution in [0.15, 0.2) is 156 Å². The van der Waals surface area contributed by atoms with Crippen LogP contribution in [0.1, 0.15) is 6.42 Å². The van der Waals surface area contributed by atoms with Crippen LogP contribution in [-0.4, -0.2) is 5.66 Å². The van der Waals surface area contributed by atoms with E-state index in [9.17, 15) is 0 Å². The van der Waals surface area contributed by atoms with Crippen LogP contribution in [0.2, 0.25) is 0 Å². The molecule has 0 saturated heterocycles. The van der Waals surface area contributed by atoms with Gasteiger partial charge in [-0.2, -0.15) is 0 Å². The molecule has 0 N–H and O–H groups in total. The third kappa shape index (κ3) is 4.68. The Kier molecular flexibility index (Phi) is 6.71. The second kappa shape index (κ2) is 10.8. The maximum Gasteiger partial charge on any atom is 0.136 e. The van der Waals surface area contributed by atoms with E-state index in [4.69, 9.17) is 4.42 Å². The highest BCUT2D eigenvalue weighted by Gasteiger charge is 2.30. The molecule has 1 aliphatic rings. The molecule has 7 rings (SSSR count). The van der Waals surface area contributed by atoms with Crippen LogP contribution in [0, 0.1) is 0 Å². The molecule has 0 amide bonds. The summed E-state index contributed by atoms with van der Waals surface area (Å²) in [6.45, 7) is 0. The Morgan fingerprint density at radius 2 is 1.15 bits per heavy atom. The first-order valence-electron chi connectivity index (χ1n) is 13.4. The van der Waals surface area contributed by atoms with Gasteiger partial charge in [-0.1, -0.05) is 133 Å². The average Bonchev–Trinajstić information content (AvgIpc) is 3.37. The second-order valence-electron chi connectivity index (χ2n) is 9.76. The topological polar surface area (TPSA) is 13.1 Å². The second-order valence-corrected chi connectivity index (χ2v) is 14.4. The van der Waals surface area contributed by atoms with Crippen LogP contribution in [0.3, 0.4) is 0 Å². The Hall–Kier alpha value is -3.76. The predicted molar refractivity (Wildman–Crippen MR) is 172 cm³/mol. The molecule has 0 radical (unpaired) electrons. The standard InChI is InChI=1S/C36H28OP2/c1-5-15-27(16-6-1)38(28-17-7-2-8-18-28)35-25-32-31-23-13-14-24-33(31)37-34(32)26-36(35)39(29-19-9-3-10-20-29)30-21-11-4-12-22-30/h1-17,19-26,28H,18H2. The fourth-order valence-corrected chi connectivity index (χ4v) is 11.2. The highest BCUT2D eigenvalue weighted by atomic mass is 31.1. The van der Waals surface area contributed by atoms with Crippen molar-refractivity contribution in [1.29, 1.82) is 0 Å². The van der Waals surface area contributed by atoms with E-state index >= 15 is 0 Å². The normalized spacial score (nSPS) is 15.8. The average molecular weight is 539 g/mol. The van der Waals surface area contributed by atoms with Crippen LogP contribution in [0.5, 0.6) is 0 Å². The molecule has 2 unspecified atom stereocenters. The summed E-state index contributed by atoms with van der Waals surface area (Å²) in [6, 6.07) is 46.5. The van der Waals surface area contributed by atoms with Gasteiger partial charge in [-0.25, -0.2) is 0 Å². The molecule has 0 bridgehead atoms. The molecular weight excluding hydrogens is 510 g/mol. The molecule has 0 saturated carbocycles. The zero-order valence-corrected chi connectivity index (χ0v) is 23.3. The lowest BCUT2D eigenvalue weighted by Crippen LogP contribution is -2.34. The van der Waals surface area contributed by atoms with Gasteiger partial charge in [0.2, 0.25) is 0 Å². The lowest BCUT2D eigenvalue weighted by atomic mass is 10.1. The van der Waals surface area contributed by atoms with Crippen LogP contribution in [0.25, 0.3) is 21.9 Å². The number of allylic oxidation sites excluding steroid dienone is 4. The number of hydrogen-bond acceptors (Lipinski definition) is 1. The molecule has 2 atom stereocenters.